The van der Waals surface area contributed by atoms with Crippen LogP contribution in [0, 0.1) is 17.8 Å². The maximum absolute atomic E-state index is 14.1. The molecule has 0 bridgehead atoms. The van der Waals surface area contributed by atoms with E-state index in [1.807, 2.05) is 19.2 Å². The van der Waals surface area contributed by atoms with Gasteiger partial charge < -0.3 is 26.6 Å². The average Bonchev–Trinajstić information content (AvgIpc) is 3.29. The molecule has 0 radical (unpaired) electrons. The van der Waals surface area contributed by atoms with Crippen LogP contribution < -0.4 is 31.3 Å². The summed E-state index contributed by atoms with van der Waals surface area (Å²) in [4.78, 5) is 101. The number of aromatic nitrogens is 2. The van der Waals surface area contributed by atoms with Gasteiger partial charge in [0.15, 0.2) is 0 Å². The van der Waals surface area contributed by atoms with E-state index in [9.17, 15) is 50.8 Å². The lowest BCUT2D eigenvalue weighted by Crippen LogP contribution is -2.60. The van der Waals surface area contributed by atoms with Gasteiger partial charge in [-0.05, 0) is 53.9 Å². The number of sulfonamides is 1. The number of Topliss-reactive ketones (excluding diaryl/α,β-unsaturated/α-hetero) is 1. The molecular weight excluding hydrogens is 867 g/mol. The zero-order chi connectivity index (χ0) is 47.7. The number of nitrogens with one attached hydrogen (secondary N) is 6. The summed E-state index contributed by atoms with van der Waals surface area (Å²) < 4.78 is 55.7. The molecule has 6 N–H and O–H groups in total. The van der Waals surface area contributed by atoms with E-state index < -0.39 is 101 Å². The number of amides is 6. The summed E-state index contributed by atoms with van der Waals surface area (Å²) in [5.41, 5.74) is 1.23. The fraction of sp³-hybridized carbons (Fsp3) is 0.489. The lowest BCUT2D eigenvalue weighted by molar-refractivity contribution is -0.141. The van der Waals surface area contributed by atoms with Gasteiger partial charge in [-0.25, -0.2) is 26.9 Å². The molecule has 352 valence electrons. The minimum atomic E-state index is -4.45. The third-order valence-corrected chi connectivity index (χ3v) is 12.4. The van der Waals surface area contributed by atoms with Gasteiger partial charge in [0.05, 0.1) is 17.6 Å². The van der Waals surface area contributed by atoms with Crippen LogP contribution in [0.15, 0.2) is 78.1 Å². The SMILES string of the molecule is CCC(C)C(NC(=O)C(CC(C)C)NC(=O)c1cnccn1)C(=O)NC(CC1CCCCC1)C(=O)NC(CC(F)F)C(=O)C(=O)NCC(=O)NS(=O)(=O)c1cccc(-c2ccccc2)c1. The number of hydrogen-bond donors (Lipinski definition) is 6. The van der Waals surface area contributed by atoms with Crippen LogP contribution in [0.3, 0.4) is 0 Å². The summed E-state index contributed by atoms with van der Waals surface area (Å²) in [5, 5.41) is 12.2. The Kier molecular flexibility index (Phi) is 19.6. The van der Waals surface area contributed by atoms with Crippen molar-refractivity contribution in [2.45, 2.75) is 121 Å². The van der Waals surface area contributed by atoms with E-state index >= 15 is 0 Å². The first kappa shape index (κ1) is 51.5. The van der Waals surface area contributed by atoms with Crippen molar-refractivity contribution >= 4 is 51.2 Å². The molecule has 17 nitrogen and oxygen atoms in total. The molecule has 1 fully saturated rings. The Morgan fingerprint density at radius 2 is 1.42 bits per heavy atom. The van der Waals surface area contributed by atoms with Crippen LogP contribution >= 0.6 is 0 Å². The van der Waals surface area contributed by atoms with E-state index in [1.54, 1.807) is 55.0 Å². The summed E-state index contributed by atoms with van der Waals surface area (Å²) in [6.07, 6.45) is 4.13. The first-order chi connectivity index (χ1) is 30.9. The smallest absolute Gasteiger partial charge is 0.290 e. The number of carbonyl (C=O) groups is 7. The van der Waals surface area contributed by atoms with Crippen LogP contribution in [0.5, 0.6) is 0 Å². The van der Waals surface area contributed by atoms with E-state index in [2.05, 4.69) is 31.2 Å². The molecule has 3 aromatic rings. The minimum Gasteiger partial charge on any atom is -0.344 e. The molecule has 1 aliphatic rings. The molecule has 1 aromatic heterocycles. The normalized spacial score (nSPS) is 15.4. The lowest BCUT2D eigenvalue weighted by atomic mass is 9.84. The predicted molar refractivity (Wildman–Crippen MR) is 235 cm³/mol. The number of carbonyl (C=O) groups excluding carboxylic acids is 7. The van der Waals surface area contributed by atoms with Gasteiger partial charge in [-0.15, -0.1) is 0 Å². The van der Waals surface area contributed by atoms with Crippen molar-refractivity contribution in [3.63, 3.8) is 0 Å². The largest absolute Gasteiger partial charge is 0.344 e. The van der Waals surface area contributed by atoms with E-state index in [0.29, 0.717) is 30.4 Å². The maximum atomic E-state index is 14.1. The molecule has 65 heavy (non-hydrogen) atoms. The minimum absolute atomic E-state index is 0.0271. The van der Waals surface area contributed by atoms with Gasteiger partial charge in [0, 0.05) is 18.8 Å². The summed E-state index contributed by atoms with van der Waals surface area (Å²) in [6, 6.07) is 8.74. The molecule has 2 aromatic carbocycles. The van der Waals surface area contributed by atoms with Crippen LogP contribution in [0.25, 0.3) is 11.1 Å². The monoisotopic (exact) mass is 924 g/mol. The van der Waals surface area contributed by atoms with Gasteiger partial charge >= 0.3 is 0 Å². The van der Waals surface area contributed by atoms with Crippen LogP contribution in [0.1, 0.15) is 96.0 Å². The zero-order valence-corrected chi connectivity index (χ0v) is 37.7. The Labute approximate surface area is 377 Å². The molecule has 1 aliphatic carbocycles. The number of benzene rings is 2. The second-order valence-corrected chi connectivity index (χ2v) is 18.3. The Morgan fingerprint density at radius 1 is 0.754 bits per heavy atom. The van der Waals surface area contributed by atoms with E-state index in [-0.39, 0.29) is 35.3 Å². The number of halogens is 2. The van der Waals surface area contributed by atoms with E-state index in [0.717, 1.165) is 19.3 Å². The molecule has 6 amide bonds. The molecule has 5 unspecified atom stereocenters. The second-order valence-electron chi connectivity index (χ2n) is 16.6. The Bertz CT molecular complexity index is 2230. The lowest BCUT2D eigenvalue weighted by Gasteiger charge is -2.31. The molecule has 4 rings (SSSR count). The fourth-order valence-electron chi connectivity index (χ4n) is 7.36. The molecule has 0 saturated heterocycles. The van der Waals surface area contributed by atoms with Crippen molar-refractivity contribution in [3.05, 3.63) is 78.9 Å². The van der Waals surface area contributed by atoms with Crippen molar-refractivity contribution in [2.24, 2.45) is 17.8 Å². The Balaban J connectivity index is 1.47. The molecule has 5 atom stereocenters. The first-order valence-corrected chi connectivity index (χ1v) is 23.2. The van der Waals surface area contributed by atoms with Crippen molar-refractivity contribution < 1.29 is 50.8 Å². The number of alkyl halides is 2. The molecule has 0 aliphatic heterocycles. The van der Waals surface area contributed by atoms with Gasteiger partial charge in [-0.3, -0.25) is 38.5 Å². The second kappa shape index (κ2) is 24.8. The number of ketones is 1. The molecular formula is C45H58F2N8O9S. The summed E-state index contributed by atoms with van der Waals surface area (Å²) in [5.74, 6) is -8.15. The predicted octanol–water partition coefficient (Wildman–Crippen LogP) is 3.60. The number of rotatable bonds is 23. The first-order valence-electron chi connectivity index (χ1n) is 21.7. The van der Waals surface area contributed by atoms with E-state index in [1.165, 1.54) is 36.8 Å². The van der Waals surface area contributed by atoms with Crippen LogP contribution in [-0.4, -0.2) is 96.7 Å². The highest BCUT2D eigenvalue weighted by molar-refractivity contribution is 7.90. The van der Waals surface area contributed by atoms with Crippen molar-refractivity contribution in [1.82, 2.24) is 41.3 Å². The van der Waals surface area contributed by atoms with Gasteiger partial charge in [0.1, 0.15) is 29.9 Å². The highest BCUT2D eigenvalue weighted by Gasteiger charge is 2.37. The van der Waals surface area contributed by atoms with Crippen LogP contribution in [-0.2, 0) is 38.8 Å². The zero-order valence-electron chi connectivity index (χ0n) is 36.9. The van der Waals surface area contributed by atoms with Gasteiger partial charge in [0.2, 0.25) is 29.9 Å². The number of nitrogens with zero attached hydrogens (tertiary/aromatic N) is 2. The Hall–Kier alpha value is -6.18. The van der Waals surface area contributed by atoms with E-state index in [4.69, 9.17) is 0 Å². The third-order valence-electron chi connectivity index (χ3n) is 11.0. The molecule has 0 spiro atoms. The van der Waals surface area contributed by atoms with Crippen LogP contribution in [0.4, 0.5) is 8.78 Å². The van der Waals surface area contributed by atoms with Crippen molar-refractivity contribution in [1.29, 1.82) is 0 Å². The average molecular weight is 925 g/mol. The summed E-state index contributed by atoms with van der Waals surface area (Å²) >= 11 is 0. The third kappa shape index (κ3) is 16.1. The van der Waals surface area contributed by atoms with Crippen molar-refractivity contribution in [3.8, 4) is 11.1 Å². The Morgan fingerprint density at radius 3 is 2.05 bits per heavy atom. The van der Waals surface area contributed by atoms with Gasteiger partial charge in [-0.2, -0.15) is 0 Å². The highest BCUT2D eigenvalue weighted by atomic mass is 32.2. The molecule has 1 saturated carbocycles. The summed E-state index contributed by atoms with van der Waals surface area (Å²) in [7, 11) is -4.45. The summed E-state index contributed by atoms with van der Waals surface area (Å²) in [6.45, 7) is 6.13. The maximum Gasteiger partial charge on any atom is 0.290 e. The standard InChI is InChI=1S/C45H58F2N8O9S/c1-5-28(4)39(54-42(59)34(21-27(2)3)52-43(60)36-25-48-19-20-49-36)44(61)53-35(22-29-13-8-6-9-14-29)41(58)51-33(24-37(46)47)40(57)45(62)50-26-38(56)55-65(63,64)32-18-12-17-31(23-32)30-15-10-7-11-16-30/h7,10-12,15-20,23,25,27-29,33-35,37,39H,5-6,8-9,13-14,21-22,24,26H2,1-4H3,(H,50,62)(H,51,58)(H,52,60)(H,53,61)(H,54,59)(H,55,56). The van der Waals surface area contributed by atoms with Crippen molar-refractivity contribution in [2.75, 3.05) is 6.54 Å². The number of hydrogen-bond acceptors (Lipinski definition) is 11. The van der Waals surface area contributed by atoms with Crippen LogP contribution in [0.2, 0.25) is 0 Å². The van der Waals surface area contributed by atoms with Gasteiger partial charge in [0.25, 0.3) is 27.7 Å². The molecule has 20 heteroatoms. The quantitative estimate of drug-likeness (QED) is 0.0750. The van der Waals surface area contributed by atoms with Gasteiger partial charge in [-0.1, -0.05) is 109 Å². The topological polar surface area (TPSA) is 252 Å². The fourth-order valence-corrected chi connectivity index (χ4v) is 8.39. The molecule has 1 heterocycles. The highest BCUT2D eigenvalue weighted by Crippen LogP contribution is 2.28.